The van der Waals surface area contributed by atoms with E-state index in [1.54, 1.807) is 40.1 Å². The summed E-state index contributed by atoms with van der Waals surface area (Å²) < 4.78 is 0. The number of benzene rings is 1. The number of anilines is 2. The summed E-state index contributed by atoms with van der Waals surface area (Å²) in [4.78, 5) is 37.9. The van der Waals surface area contributed by atoms with Gasteiger partial charge in [-0.2, -0.15) is 0 Å². The monoisotopic (exact) mass is 353 g/mol. The molecule has 3 rings (SSSR count). The Kier molecular flexibility index (Phi) is 5.21. The van der Waals surface area contributed by atoms with E-state index in [2.05, 4.69) is 15.5 Å². The normalized spacial score (nSPS) is 14.0. The molecule has 134 valence electrons. The van der Waals surface area contributed by atoms with Crippen LogP contribution in [0.15, 0.2) is 36.4 Å². The van der Waals surface area contributed by atoms with Gasteiger partial charge in [-0.15, -0.1) is 10.2 Å². The summed E-state index contributed by atoms with van der Waals surface area (Å²) in [5, 5.41) is 11.1. The fraction of sp³-hybridized carbons (Fsp3) is 0.278. The van der Waals surface area contributed by atoms with Gasteiger partial charge in [0.2, 0.25) is 6.41 Å². The summed E-state index contributed by atoms with van der Waals surface area (Å²) in [6.45, 7) is 3.52. The summed E-state index contributed by atoms with van der Waals surface area (Å²) in [7, 11) is 0. The van der Waals surface area contributed by atoms with Gasteiger partial charge in [0.05, 0.1) is 0 Å². The molecule has 8 nitrogen and oxygen atoms in total. The first-order chi connectivity index (χ1) is 12.6. The van der Waals surface area contributed by atoms with Gasteiger partial charge in [0, 0.05) is 37.4 Å². The molecule has 1 aromatic carbocycles. The van der Waals surface area contributed by atoms with Crippen molar-refractivity contribution in [3.63, 3.8) is 0 Å². The Labute approximate surface area is 150 Å². The van der Waals surface area contributed by atoms with Crippen molar-refractivity contribution >= 4 is 29.6 Å². The maximum atomic E-state index is 12.4. The Morgan fingerprint density at radius 3 is 2.46 bits per heavy atom. The first-order valence-electron chi connectivity index (χ1n) is 8.27. The number of rotatable bonds is 5. The highest BCUT2D eigenvalue weighted by molar-refractivity contribution is 5.95. The minimum absolute atomic E-state index is 0.0182. The largest absolute Gasteiger partial charge is 0.342 e. The van der Waals surface area contributed by atoms with Crippen LogP contribution >= 0.6 is 0 Å². The zero-order chi connectivity index (χ0) is 18.5. The predicted octanol–water partition coefficient (Wildman–Crippen LogP) is 1.34. The minimum atomic E-state index is -0.201. The van der Waals surface area contributed by atoms with Crippen LogP contribution in [0.25, 0.3) is 0 Å². The number of hydrogen-bond acceptors (Lipinski definition) is 6. The molecule has 2 aromatic rings. The maximum absolute atomic E-state index is 12.4. The highest BCUT2D eigenvalue weighted by Crippen LogP contribution is 2.16. The number of nitrogens with zero attached hydrogens (tertiary/aromatic N) is 4. The SMILES string of the molecule is CC(=O)c1cccc(Nc2ccc(C(=O)N3CCN(C=O)CC3)nn2)c1. The highest BCUT2D eigenvalue weighted by atomic mass is 16.2. The Balaban J connectivity index is 1.65. The molecule has 1 aliphatic heterocycles. The topological polar surface area (TPSA) is 95.5 Å². The minimum Gasteiger partial charge on any atom is -0.342 e. The van der Waals surface area contributed by atoms with Crippen LogP contribution in [-0.4, -0.2) is 64.3 Å². The third-order valence-electron chi connectivity index (χ3n) is 4.18. The van der Waals surface area contributed by atoms with Crippen LogP contribution in [0.1, 0.15) is 27.8 Å². The van der Waals surface area contributed by atoms with E-state index in [9.17, 15) is 14.4 Å². The summed E-state index contributed by atoms with van der Waals surface area (Å²) in [5.41, 5.74) is 1.58. The van der Waals surface area contributed by atoms with E-state index < -0.39 is 0 Å². The van der Waals surface area contributed by atoms with E-state index in [4.69, 9.17) is 0 Å². The number of carbonyl (C=O) groups excluding carboxylic acids is 3. The van der Waals surface area contributed by atoms with Gasteiger partial charge >= 0.3 is 0 Å². The number of carbonyl (C=O) groups is 3. The van der Waals surface area contributed by atoms with Crippen molar-refractivity contribution in [2.75, 3.05) is 31.5 Å². The molecule has 2 heterocycles. The first-order valence-corrected chi connectivity index (χ1v) is 8.27. The molecule has 1 saturated heterocycles. The molecular weight excluding hydrogens is 334 g/mol. The lowest BCUT2D eigenvalue weighted by Crippen LogP contribution is -2.48. The van der Waals surface area contributed by atoms with Crippen LogP contribution in [0.4, 0.5) is 11.5 Å². The number of hydrogen-bond donors (Lipinski definition) is 1. The quantitative estimate of drug-likeness (QED) is 0.644. The fourth-order valence-electron chi connectivity index (χ4n) is 2.67. The lowest BCUT2D eigenvalue weighted by Gasteiger charge is -2.32. The van der Waals surface area contributed by atoms with E-state index in [0.717, 1.165) is 12.1 Å². The smallest absolute Gasteiger partial charge is 0.274 e. The van der Waals surface area contributed by atoms with E-state index in [1.165, 1.54) is 6.92 Å². The second kappa shape index (κ2) is 7.73. The van der Waals surface area contributed by atoms with E-state index in [1.807, 2.05) is 6.07 Å². The van der Waals surface area contributed by atoms with Gasteiger partial charge in [-0.1, -0.05) is 12.1 Å². The maximum Gasteiger partial charge on any atom is 0.274 e. The molecule has 1 N–H and O–H groups in total. The van der Waals surface area contributed by atoms with Crippen LogP contribution < -0.4 is 5.32 Å². The fourth-order valence-corrected chi connectivity index (χ4v) is 2.67. The summed E-state index contributed by atoms with van der Waals surface area (Å²) in [5.74, 6) is 0.261. The van der Waals surface area contributed by atoms with Crippen molar-refractivity contribution in [2.45, 2.75) is 6.92 Å². The zero-order valence-electron chi connectivity index (χ0n) is 14.4. The lowest BCUT2D eigenvalue weighted by molar-refractivity contribution is -0.119. The van der Waals surface area contributed by atoms with Crippen LogP contribution in [0.5, 0.6) is 0 Å². The molecular formula is C18H19N5O3. The van der Waals surface area contributed by atoms with Gasteiger partial charge in [-0.05, 0) is 31.2 Å². The Morgan fingerprint density at radius 1 is 1.08 bits per heavy atom. The molecule has 1 aromatic heterocycles. The van der Waals surface area contributed by atoms with Gasteiger partial charge in [-0.3, -0.25) is 14.4 Å². The van der Waals surface area contributed by atoms with Gasteiger partial charge < -0.3 is 15.1 Å². The van der Waals surface area contributed by atoms with Crippen molar-refractivity contribution in [2.24, 2.45) is 0 Å². The van der Waals surface area contributed by atoms with Gasteiger partial charge in [0.15, 0.2) is 17.3 Å². The number of aromatic nitrogens is 2. The van der Waals surface area contributed by atoms with Crippen LogP contribution in [0.3, 0.4) is 0 Å². The van der Waals surface area contributed by atoms with Gasteiger partial charge in [0.1, 0.15) is 0 Å². The molecule has 0 bridgehead atoms. The molecule has 1 aliphatic rings. The average molecular weight is 353 g/mol. The Bertz CT molecular complexity index is 814. The molecule has 0 spiro atoms. The molecule has 1 fully saturated rings. The summed E-state index contributed by atoms with van der Waals surface area (Å²) in [6, 6.07) is 10.4. The van der Waals surface area contributed by atoms with Crippen molar-refractivity contribution in [3.8, 4) is 0 Å². The number of nitrogens with one attached hydrogen (secondary N) is 1. The molecule has 0 radical (unpaired) electrons. The first kappa shape index (κ1) is 17.5. The Hall–Kier alpha value is -3.29. The van der Waals surface area contributed by atoms with E-state index in [-0.39, 0.29) is 17.4 Å². The summed E-state index contributed by atoms with van der Waals surface area (Å²) >= 11 is 0. The van der Waals surface area contributed by atoms with Crippen molar-refractivity contribution in [1.82, 2.24) is 20.0 Å². The molecule has 8 heteroatoms. The predicted molar refractivity (Wildman–Crippen MR) is 95.3 cm³/mol. The van der Waals surface area contributed by atoms with Gasteiger partial charge in [-0.25, -0.2) is 0 Å². The number of piperazine rings is 1. The summed E-state index contributed by atoms with van der Waals surface area (Å²) in [6.07, 6.45) is 0.795. The number of ketones is 1. The average Bonchev–Trinajstić information content (AvgIpc) is 2.68. The van der Waals surface area contributed by atoms with E-state index in [0.29, 0.717) is 37.6 Å². The van der Waals surface area contributed by atoms with Crippen molar-refractivity contribution in [1.29, 1.82) is 0 Å². The second-order valence-electron chi connectivity index (χ2n) is 6.00. The number of Topliss-reactive ketones (excluding diaryl/α,β-unsaturated/α-hetero) is 1. The second-order valence-corrected chi connectivity index (χ2v) is 6.00. The van der Waals surface area contributed by atoms with Crippen LogP contribution in [-0.2, 0) is 4.79 Å². The third kappa shape index (κ3) is 4.02. The van der Waals surface area contributed by atoms with Crippen LogP contribution in [0.2, 0.25) is 0 Å². The Morgan fingerprint density at radius 2 is 1.85 bits per heavy atom. The number of amides is 2. The molecule has 0 atom stereocenters. The van der Waals surface area contributed by atoms with Crippen molar-refractivity contribution < 1.29 is 14.4 Å². The molecule has 26 heavy (non-hydrogen) atoms. The van der Waals surface area contributed by atoms with Crippen LogP contribution in [0, 0.1) is 0 Å². The molecule has 0 aliphatic carbocycles. The molecule has 0 unspecified atom stereocenters. The standard InChI is InChI=1S/C18H19N5O3/c1-13(25)14-3-2-4-15(11-14)19-17-6-5-16(20-21-17)18(26)23-9-7-22(12-24)8-10-23/h2-6,11-12H,7-10H2,1H3,(H,19,21). The van der Waals surface area contributed by atoms with Gasteiger partial charge in [0.25, 0.3) is 5.91 Å². The highest BCUT2D eigenvalue weighted by Gasteiger charge is 2.22. The van der Waals surface area contributed by atoms with E-state index >= 15 is 0 Å². The van der Waals surface area contributed by atoms with Crippen molar-refractivity contribution in [3.05, 3.63) is 47.7 Å². The zero-order valence-corrected chi connectivity index (χ0v) is 14.4. The molecule has 0 saturated carbocycles. The lowest BCUT2D eigenvalue weighted by atomic mass is 10.1. The molecule has 2 amide bonds. The third-order valence-corrected chi connectivity index (χ3v) is 4.18.